The Balaban J connectivity index is 2.53. The summed E-state index contributed by atoms with van der Waals surface area (Å²) in [6, 6.07) is 0. The van der Waals surface area contributed by atoms with Crippen molar-refractivity contribution in [2.24, 2.45) is 5.41 Å². The van der Waals surface area contributed by atoms with Gasteiger partial charge in [0, 0.05) is 0 Å². The van der Waals surface area contributed by atoms with E-state index in [4.69, 9.17) is 10.2 Å². The first-order chi connectivity index (χ1) is 32.2. The zero-order valence-corrected chi connectivity index (χ0v) is 32.9. The van der Waals surface area contributed by atoms with Crippen LogP contribution < -0.4 is 0 Å². The molecule has 0 amide bonds. The van der Waals surface area contributed by atoms with Gasteiger partial charge in [0.25, 0.3) is 12.6 Å². The quantitative estimate of drug-likeness (QED) is 0.104. The van der Waals surface area contributed by atoms with Gasteiger partial charge >= 0.3 is 125 Å². The van der Waals surface area contributed by atoms with Crippen LogP contribution in [0.4, 0.5) is 176 Å². The van der Waals surface area contributed by atoms with Crippen molar-refractivity contribution < 1.29 is 214 Å². The Kier molecular flexibility index (Phi) is 16.3. The van der Waals surface area contributed by atoms with E-state index in [1.54, 1.807) is 0 Å². The van der Waals surface area contributed by atoms with Gasteiger partial charge in [-0.2, -0.15) is 176 Å². The maximum atomic E-state index is 15.0. The summed E-state index contributed by atoms with van der Waals surface area (Å²) in [7, 11) is 0. The molecule has 48 heteroatoms. The van der Waals surface area contributed by atoms with Gasteiger partial charge in [-0.05, 0) is 0 Å². The van der Waals surface area contributed by atoms with Crippen LogP contribution in [0.3, 0.4) is 0 Å². The topological polar surface area (TPSA) is 95.8 Å². The third-order valence-electron chi connectivity index (χ3n) is 9.60. The van der Waals surface area contributed by atoms with Crippen molar-refractivity contribution in [2.75, 3.05) is 26.4 Å². The molecule has 75 heavy (non-hydrogen) atoms. The maximum absolute atomic E-state index is 15.0. The average molecular weight is 1220 g/mol. The van der Waals surface area contributed by atoms with Gasteiger partial charge in [0.05, 0.1) is 0 Å². The SMILES string of the molecule is OCC(F)(F)C(F)(F)C(F)(F)C(F)(F)C(F)(F)C(F)(F)C(F)(F)COC(F)(F)C1OC(F)(F)C2(C(F)(F)O1)C(F)(F)OC(C(F)(F)OCC(F)(F)C(F)(F)C(F)(F)C(F)(F)C(F)(F)C(F)(F)C(F)(F)CO)OC2(F)F. The molecule has 0 aromatic rings. The summed E-state index contributed by atoms with van der Waals surface area (Å²) < 4.78 is 575. The van der Waals surface area contributed by atoms with Gasteiger partial charge in [0.2, 0.25) is 0 Å². The fourth-order valence-corrected chi connectivity index (χ4v) is 5.22. The molecule has 8 nitrogen and oxygen atoms in total. The summed E-state index contributed by atoms with van der Waals surface area (Å²) in [5.74, 6) is -118. The zero-order valence-electron chi connectivity index (χ0n) is 32.9. The number of hydrogen-bond donors (Lipinski definition) is 2. The van der Waals surface area contributed by atoms with Gasteiger partial charge in [-0.15, -0.1) is 0 Å². The van der Waals surface area contributed by atoms with Gasteiger partial charge < -0.3 is 19.7 Å². The summed E-state index contributed by atoms with van der Waals surface area (Å²) in [5, 5.41) is 15.9. The zero-order chi connectivity index (χ0) is 60.7. The molecule has 0 aliphatic carbocycles. The minimum atomic E-state index is -9.07. The normalized spacial score (nSPS) is 24.7. The van der Waals surface area contributed by atoms with Crippen molar-refractivity contribution in [1.82, 2.24) is 0 Å². The van der Waals surface area contributed by atoms with Gasteiger partial charge in [-0.3, -0.25) is 18.9 Å². The van der Waals surface area contributed by atoms with Crippen LogP contribution >= 0.6 is 0 Å². The Morgan fingerprint density at radius 2 is 0.440 bits per heavy atom. The molecule has 2 aliphatic rings. The molecule has 0 radical (unpaired) electrons. The molecular formula is C27H12F40O8. The molecule has 0 bridgehead atoms. The molecule has 2 rings (SSSR count). The number of alkyl halides is 40. The highest BCUT2D eigenvalue weighted by Crippen LogP contribution is 2.72. The predicted molar refractivity (Wildman–Crippen MR) is 139 cm³/mol. The highest BCUT2D eigenvalue weighted by molar-refractivity contribution is 5.16. The van der Waals surface area contributed by atoms with Gasteiger partial charge in [-0.25, -0.2) is 0 Å². The lowest BCUT2D eigenvalue weighted by Gasteiger charge is -2.56. The molecule has 2 saturated heterocycles. The van der Waals surface area contributed by atoms with Gasteiger partial charge in [0.15, 0.2) is 0 Å². The fraction of sp³-hybridized carbons (Fsp3) is 1.00. The first kappa shape index (κ1) is 68.0. The summed E-state index contributed by atoms with van der Waals surface area (Å²) >= 11 is 0. The standard InChI is InChI=1S/C27H12F40O8/c28-7(29,1-68)14(40,41)18(48,49)22(56,57)20(52,53)16(44,45)9(32,33)3-70-11(36,37)5-72-24(60,61)13(25(62,63)73-5)26(64,65)74-6(75-27(13,66)67)12(38,39)71-4-10(34,35)17(46,47)21(54,55)23(58,59)19(50,51)15(42,43)8(30,31)2-69/h5-6,68-69H,1-4H2. The van der Waals surface area contributed by atoms with E-state index >= 15 is 0 Å². The van der Waals surface area contributed by atoms with E-state index in [9.17, 15) is 176 Å². The highest BCUT2D eigenvalue weighted by atomic mass is 19.4. The van der Waals surface area contributed by atoms with Crippen molar-refractivity contribution in [1.29, 1.82) is 0 Å². The molecule has 0 unspecified atom stereocenters. The minimum absolute atomic E-state index is 2.13. The Hall–Kier alpha value is -3.12. The highest BCUT2D eigenvalue weighted by Gasteiger charge is 3.00. The molecule has 2 heterocycles. The van der Waals surface area contributed by atoms with Crippen LogP contribution in [-0.4, -0.2) is 169 Å². The fourth-order valence-electron chi connectivity index (χ4n) is 5.22. The summed E-state index contributed by atoms with van der Waals surface area (Å²) in [6.07, 6.45) is -59.2. The van der Waals surface area contributed by atoms with E-state index < -0.39 is 164 Å². The van der Waals surface area contributed by atoms with Crippen LogP contribution in [0, 0.1) is 5.41 Å². The summed E-state index contributed by atoms with van der Waals surface area (Å²) in [6.45, 7) is -17.3. The number of hydrogen-bond acceptors (Lipinski definition) is 8. The molecule has 0 aromatic carbocycles. The second kappa shape index (κ2) is 17.9. The average Bonchev–Trinajstić information content (AvgIpc) is 3.19. The van der Waals surface area contributed by atoms with Crippen molar-refractivity contribution in [3.05, 3.63) is 0 Å². The smallest absolute Gasteiger partial charge is 0.390 e. The van der Waals surface area contributed by atoms with Gasteiger partial charge in [0.1, 0.15) is 26.4 Å². The van der Waals surface area contributed by atoms with Gasteiger partial charge in [-0.1, -0.05) is 0 Å². The number of aliphatic hydroxyl groups is 2. The van der Waals surface area contributed by atoms with E-state index in [0.717, 1.165) is 0 Å². The molecule has 0 aromatic heterocycles. The largest absolute Gasteiger partial charge is 0.407 e. The number of ether oxygens (including phenoxy) is 6. The van der Waals surface area contributed by atoms with Crippen molar-refractivity contribution >= 4 is 0 Å². The van der Waals surface area contributed by atoms with E-state index in [2.05, 4.69) is 28.4 Å². The molecule has 2 fully saturated rings. The van der Waals surface area contributed by atoms with E-state index in [-0.39, 0.29) is 0 Å². The molecule has 2 N–H and O–H groups in total. The third-order valence-corrected chi connectivity index (χ3v) is 9.60. The summed E-state index contributed by atoms with van der Waals surface area (Å²) in [5.41, 5.74) is -8.12. The Morgan fingerprint density at radius 3 is 0.613 bits per heavy atom. The lowest BCUT2D eigenvalue weighted by atomic mass is 9.79. The number of halogens is 40. The molecular weight excluding hydrogens is 1210 g/mol. The number of rotatable bonds is 22. The monoisotopic (exact) mass is 1220 g/mol. The Bertz CT molecular complexity index is 1870. The van der Waals surface area contributed by atoms with Crippen LogP contribution in [0.1, 0.15) is 0 Å². The minimum Gasteiger partial charge on any atom is -0.390 e. The molecule has 0 saturated carbocycles. The van der Waals surface area contributed by atoms with Crippen LogP contribution in [-0.2, 0) is 28.4 Å². The second-order valence-corrected chi connectivity index (χ2v) is 14.5. The van der Waals surface area contributed by atoms with Crippen molar-refractivity contribution in [3.63, 3.8) is 0 Å². The third kappa shape index (κ3) is 9.04. The van der Waals surface area contributed by atoms with Crippen LogP contribution in [0.5, 0.6) is 0 Å². The van der Waals surface area contributed by atoms with Crippen molar-refractivity contribution in [2.45, 2.75) is 132 Å². The van der Waals surface area contributed by atoms with Crippen LogP contribution in [0.2, 0.25) is 0 Å². The van der Waals surface area contributed by atoms with E-state index in [0.29, 0.717) is 0 Å². The molecule has 2 aliphatic heterocycles. The molecule has 1 spiro atoms. The second-order valence-electron chi connectivity index (χ2n) is 14.5. The first-order valence-electron chi connectivity index (χ1n) is 16.9. The Morgan fingerprint density at radius 1 is 0.280 bits per heavy atom. The number of aliphatic hydroxyl groups excluding tert-OH is 2. The molecule has 0 atom stereocenters. The van der Waals surface area contributed by atoms with E-state index in [1.807, 2.05) is 0 Å². The first-order valence-corrected chi connectivity index (χ1v) is 16.9. The maximum Gasteiger partial charge on any atom is 0.407 e. The molecule has 448 valence electrons. The predicted octanol–water partition coefficient (Wildman–Crippen LogP) is 11.2. The Labute approximate surface area is 379 Å². The lowest BCUT2D eigenvalue weighted by molar-refractivity contribution is -0.663. The van der Waals surface area contributed by atoms with Crippen LogP contribution in [0.25, 0.3) is 0 Å². The lowest BCUT2D eigenvalue weighted by Crippen LogP contribution is -2.82. The summed E-state index contributed by atoms with van der Waals surface area (Å²) in [4.78, 5) is 0. The van der Waals surface area contributed by atoms with Crippen molar-refractivity contribution in [3.8, 4) is 0 Å². The van der Waals surface area contributed by atoms with Crippen LogP contribution in [0.15, 0.2) is 0 Å². The van der Waals surface area contributed by atoms with E-state index in [1.165, 1.54) is 0 Å².